The quantitative estimate of drug-likeness (QED) is 0.908. The summed E-state index contributed by atoms with van der Waals surface area (Å²) in [6.07, 6.45) is 5.34. The van der Waals surface area contributed by atoms with Crippen molar-refractivity contribution >= 4 is 22.9 Å². The van der Waals surface area contributed by atoms with Crippen LogP contribution in [0.3, 0.4) is 0 Å². The van der Waals surface area contributed by atoms with Crippen molar-refractivity contribution in [3.63, 3.8) is 0 Å². The molecule has 2 aliphatic rings. The van der Waals surface area contributed by atoms with E-state index in [-0.39, 0.29) is 0 Å². The smallest absolute Gasteiger partial charge is 0.0973 e. The summed E-state index contributed by atoms with van der Waals surface area (Å²) in [5, 5.41) is 5.78. The first-order valence-corrected chi connectivity index (χ1v) is 7.66. The summed E-state index contributed by atoms with van der Waals surface area (Å²) in [7, 11) is 2.24. The average molecular weight is 271 g/mol. The van der Waals surface area contributed by atoms with Gasteiger partial charge in [-0.3, -0.25) is 4.90 Å². The maximum atomic E-state index is 6.17. The molecule has 2 saturated heterocycles. The van der Waals surface area contributed by atoms with Crippen LogP contribution in [0.1, 0.15) is 31.2 Å². The minimum atomic E-state index is 0.727. The van der Waals surface area contributed by atoms with E-state index in [0.717, 1.165) is 29.0 Å². The molecule has 0 saturated carbocycles. The van der Waals surface area contributed by atoms with E-state index >= 15 is 0 Å². The number of hydrogen-bond donors (Lipinski definition) is 1. The highest BCUT2D eigenvalue weighted by molar-refractivity contribution is 7.14. The van der Waals surface area contributed by atoms with Gasteiger partial charge in [-0.1, -0.05) is 11.6 Å². The van der Waals surface area contributed by atoms with Crippen LogP contribution in [-0.2, 0) is 6.54 Å². The van der Waals surface area contributed by atoms with Crippen LogP contribution in [0.2, 0.25) is 4.34 Å². The number of piperidine rings is 1. The van der Waals surface area contributed by atoms with Crippen LogP contribution in [0.15, 0.2) is 11.4 Å². The van der Waals surface area contributed by atoms with Crippen LogP contribution in [0, 0.1) is 0 Å². The van der Waals surface area contributed by atoms with Crippen LogP contribution in [-0.4, -0.2) is 30.1 Å². The second-order valence-electron chi connectivity index (χ2n) is 5.40. The summed E-state index contributed by atoms with van der Waals surface area (Å²) in [5.74, 6) is 0. The fraction of sp³-hybridized carbons (Fsp3) is 0.692. The van der Waals surface area contributed by atoms with E-state index in [2.05, 4.69) is 28.7 Å². The molecular weight excluding hydrogens is 252 g/mol. The number of nitrogens with zero attached hydrogens (tertiary/aromatic N) is 1. The highest BCUT2D eigenvalue weighted by atomic mass is 35.5. The SMILES string of the molecule is CN(Cc1ccsc1Cl)C1CC2CCC(C1)N2. The highest BCUT2D eigenvalue weighted by Gasteiger charge is 2.35. The summed E-state index contributed by atoms with van der Waals surface area (Å²) in [6.45, 7) is 0.992. The molecule has 1 aromatic heterocycles. The van der Waals surface area contributed by atoms with Gasteiger partial charge in [0.25, 0.3) is 0 Å². The van der Waals surface area contributed by atoms with Crippen LogP contribution in [0.5, 0.6) is 0 Å². The largest absolute Gasteiger partial charge is 0.311 e. The third-order valence-corrected chi connectivity index (χ3v) is 5.44. The van der Waals surface area contributed by atoms with Gasteiger partial charge < -0.3 is 5.32 Å². The number of fused-ring (bicyclic) bond motifs is 2. The van der Waals surface area contributed by atoms with E-state index < -0.39 is 0 Å². The van der Waals surface area contributed by atoms with Crippen LogP contribution >= 0.6 is 22.9 Å². The lowest BCUT2D eigenvalue weighted by atomic mass is 9.98. The summed E-state index contributed by atoms with van der Waals surface area (Å²) in [4.78, 5) is 2.49. The molecule has 0 aromatic carbocycles. The van der Waals surface area contributed by atoms with E-state index in [4.69, 9.17) is 11.6 Å². The van der Waals surface area contributed by atoms with Crippen LogP contribution in [0.4, 0.5) is 0 Å². The maximum absolute atomic E-state index is 6.17. The minimum Gasteiger partial charge on any atom is -0.311 e. The molecule has 17 heavy (non-hydrogen) atoms. The predicted molar refractivity (Wildman–Crippen MR) is 73.8 cm³/mol. The molecule has 0 spiro atoms. The van der Waals surface area contributed by atoms with E-state index in [1.54, 1.807) is 11.3 Å². The molecule has 2 fully saturated rings. The molecular formula is C13H19ClN2S. The molecule has 2 bridgehead atoms. The monoisotopic (exact) mass is 270 g/mol. The van der Waals surface area contributed by atoms with Crippen molar-refractivity contribution in [1.29, 1.82) is 0 Å². The molecule has 2 atom stereocenters. The molecule has 2 aliphatic heterocycles. The van der Waals surface area contributed by atoms with E-state index in [1.807, 2.05) is 0 Å². The third-order valence-electron chi connectivity index (χ3n) is 4.18. The normalized spacial score (nSPS) is 32.3. The van der Waals surface area contributed by atoms with Crippen molar-refractivity contribution in [2.24, 2.45) is 0 Å². The van der Waals surface area contributed by atoms with Gasteiger partial charge in [0, 0.05) is 24.7 Å². The molecule has 94 valence electrons. The van der Waals surface area contributed by atoms with Gasteiger partial charge in [-0.25, -0.2) is 0 Å². The van der Waals surface area contributed by atoms with E-state index in [1.165, 1.54) is 31.2 Å². The second kappa shape index (κ2) is 4.88. The number of thiophene rings is 1. The Bertz CT molecular complexity index is 381. The van der Waals surface area contributed by atoms with Crippen LogP contribution in [0.25, 0.3) is 0 Å². The number of hydrogen-bond acceptors (Lipinski definition) is 3. The van der Waals surface area contributed by atoms with Gasteiger partial charge in [0.15, 0.2) is 0 Å². The van der Waals surface area contributed by atoms with E-state index in [9.17, 15) is 0 Å². The van der Waals surface area contributed by atoms with Gasteiger partial charge in [0.1, 0.15) is 0 Å². The Morgan fingerprint density at radius 2 is 2.12 bits per heavy atom. The lowest BCUT2D eigenvalue weighted by Gasteiger charge is -2.35. The van der Waals surface area contributed by atoms with Gasteiger partial charge >= 0.3 is 0 Å². The van der Waals surface area contributed by atoms with Crippen molar-refractivity contribution in [2.75, 3.05) is 7.05 Å². The van der Waals surface area contributed by atoms with Gasteiger partial charge in [-0.2, -0.15) is 0 Å². The highest BCUT2D eigenvalue weighted by Crippen LogP contribution is 2.31. The fourth-order valence-electron chi connectivity index (χ4n) is 3.22. The molecule has 0 aliphatic carbocycles. The molecule has 2 nitrogen and oxygen atoms in total. The minimum absolute atomic E-state index is 0.727. The zero-order chi connectivity index (χ0) is 11.8. The molecule has 1 aromatic rings. The van der Waals surface area contributed by atoms with E-state index in [0.29, 0.717) is 0 Å². The van der Waals surface area contributed by atoms with Crippen molar-refractivity contribution < 1.29 is 0 Å². The van der Waals surface area contributed by atoms with Gasteiger partial charge in [-0.05, 0) is 49.7 Å². The zero-order valence-corrected chi connectivity index (χ0v) is 11.7. The van der Waals surface area contributed by atoms with Gasteiger partial charge in [0.05, 0.1) is 4.34 Å². The summed E-state index contributed by atoms with van der Waals surface area (Å²) in [5.41, 5.74) is 1.28. The molecule has 4 heteroatoms. The first kappa shape index (κ1) is 12.0. The van der Waals surface area contributed by atoms with Gasteiger partial charge in [0.2, 0.25) is 0 Å². The number of rotatable bonds is 3. The first-order chi connectivity index (χ1) is 8.22. The van der Waals surface area contributed by atoms with Crippen LogP contribution < -0.4 is 5.32 Å². The van der Waals surface area contributed by atoms with Crippen molar-refractivity contribution in [3.8, 4) is 0 Å². The molecule has 3 rings (SSSR count). The molecule has 1 N–H and O–H groups in total. The Balaban J connectivity index is 1.63. The molecule has 3 heterocycles. The average Bonchev–Trinajstić information content (AvgIpc) is 2.86. The maximum Gasteiger partial charge on any atom is 0.0973 e. The molecule has 0 amide bonds. The lowest BCUT2D eigenvalue weighted by Crippen LogP contribution is -2.46. The number of halogens is 1. The summed E-state index contributed by atoms with van der Waals surface area (Å²) in [6, 6.07) is 4.40. The van der Waals surface area contributed by atoms with Crippen molar-refractivity contribution in [2.45, 2.75) is 50.4 Å². The Morgan fingerprint density at radius 1 is 1.41 bits per heavy atom. The second-order valence-corrected chi connectivity index (χ2v) is 6.92. The molecule has 0 radical (unpaired) electrons. The zero-order valence-electron chi connectivity index (χ0n) is 10.2. The fourth-order valence-corrected chi connectivity index (χ4v) is 4.13. The predicted octanol–water partition coefficient (Wildman–Crippen LogP) is 3.12. The third kappa shape index (κ3) is 2.53. The Hall–Kier alpha value is -0.0900. The first-order valence-electron chi connectivity index (χ1n) is 6.40. The van der Waals surface area contributed by atoms with Crippen molar-refractivity contribution in [1.82, 2.24) is 10.2 Å². The Kier molecular flexibility index (Phi) is 3.44. The summed E-state index contributed by atoms with van der Waals surface area (Å²) >= 11 is 7.80. The Labute approximate surface area is 112 Å². The summed E-state index contributed by atoms with van der Waals surface area (Å²) < 4.78 is 0.953. The van der Waals surface area contributed by atoms with Crippen molar-refractivity contribution in [3.05, 3.63) is 21.3 Å². The number of nitrogens with one attached hydrogen (secondary N) is 1. The topological polar surface area (TPSA) is 15.3 Å². The Morgan fingerprint density at radius 3 is 2.71 bits per heavy atom. The van der Waals surface area contributed by atoms with Gasteiger partial charge in [-0.15, -0.1) is 11.3 Å². The standard InChI is InChI=1S/C13H19ClN2S/c1-16(8-9-4-5-17-13(9)14)12-6-10-2-3-11(7-12)15-10/h4-5,10-12,15H,2-3,6-8H2,1H3. The molecule has 2 unspecified atom stereocenters. The lowest BCUT2D eigenvalue weighted by molar-refractivity contribution is 0.166.